The molecule has 0 saturated heterocycles. The second-order valence-electron chi connectivity index (χ2n) is 6.41. The highest BCUT2D eigenvalue weighted by Crippen LogP contribution is 2.23. The maximum absolute atomic E-state index is 12.1. The molecule has 5 nitrogen and oxygen atoms in total. The number of hydrogen-bond donors (Lipinski definition) is 3. The predicted molar refractivity (Wildman–Crippen MR) is 89.0 cm³/mol. The second-order valence-corrected chi connectivity index (χ2v) is 6.41. The fraction of sp³-hybridized carbons (Fsp3) is 0.556. The Morgan fingerprint density at radius 1 is 1.17 bits per heavy atom. The van der Waals surface area contributed by atoms with Crippen LogP contribution in [0.1, 0.15) is 49.4 Å². The molecule has 1 aliphatic carbocycles. The molecule has 2 amide bonds. The van der Waals surface area contributed by atoms with Gasteiger partial charge in [-0.25, -0.2) is 0 Å². The lowest BCUT2D eigenvalue weighted by atomic mass is 9.86. The summed E-state index contributed by atoms with van der Waals surface area (Å²) in [6.07, 6.45) is 4.03. The van der Waals surface area contributed by atoms with Gasteiger partial charge >= 0.3 is 0 Å². The van der Waals surface area contributed by atoms with Crippen LogP contribution in [0.25, 0.3) is 0 Å². The third-order valence-corrected chi connectivity index (χ3v) is 4.38. The Bertz CT molecular complexity index is 510. The summed E-state index contributed by atoms with van der Waals surface area (Å²) in [7, 11) is 0. The van der Waals surface area contributed by atoms with Crippen molar-refractivity contribution in [3.63, 3.8) is 0 Å². The van der Waals surface area contributed by atoms with Crippen LogP contribution in [0.15, 0.2) is 30.3 Å². The van der Waals surface area contributed by atoms with Crippen molar-refractivity contribution >= 4 is 11.8 Å². The predicted octanol–water partition coefficient (Wildman–Crippen LogP) is 1.86. The normalized spacial score (nSPS) is 22.2. The van der Waals surface area contributed by atoms with Gasteiger partial charge in [-0.1, -0.05) is 18.2 Å². The van der Waals surface area contributed by atoms with Crippen LogP contribution in [0.5, 0.6) is 0 Å². The fourth-order valence-electron chi connectivity index (χ4n) is 3.00. The van der Waals surface area contributed by atoms with E-state index in [2.05, 4.69) is 10.6 Å². The van der Waals surface area contributed by atoms with Gasteiger partial charge in [-0.2, -0.15) is 0 Å². The number of nitrogens with one attached hydrogen (secondary N) is 2. The monoisotopic (exact) mass is 318 g/mol. The molecule has 0 spiro atoms. The molecule has 23 heavy (non-hydrogen) atoms. The van der Waals surface area contributed by atoms with Crippen LogP contribution < -0.4 is 10.6 Å². The van der Waals surface area contributed by atoms with Crippen LogP contribution >= 0.6 is 0 Å². The molecule has 0 aliphatic heterocycles. The Labute approximate surface area is 137 Å². The third kappa shape index (κ3) is 5.67. The summed E-state index contributed by atoms with van der Waals surface area (Å²) >= 11 is 0. The summed E-state index contributed by atoms with van der Waals surface area (Å²) in [5, 5.41) is 15.0. The van der Waals surface area contributed by atoms with Gasteiger partial charge in [-0.3, -0.25) is 9.59 Å². The molecular weight excluding hydrogens is 292 g/mol. The van der Waals surface area contributed by atoms with Gasteiger partial charge in [0.05, 0.1) is 0 Å². The maximum atomic E-state index is 12.1. The van der Waals surface area contributed by atoms with Gasteiger partial charge in [0.25, 0.3) is 5.91 Å². The summed E-state index contributed by atoms with van der Waals surface area (Å²) < 4.78 is 0. The van der Waals surface area contributed by atoms with Crippen LogP contribution in [0.3, 0.4) is 0 Å². The first-order chi connectivity index (χ1) is 11.1. The van der Waals surface area contributed by atoms with Crippen molar-refractivity contribution in [2.45, 2.75) is 51.1 Å². The van der Waals surface area contributed by atoms with E-state index in [4.69, 9.17) is 5.11 Å². The van der Waals surface area contributed by atoms with Gasteiger partial charge in [0, 0.05) is 30.7 Å². The van der Waals surface area contributed by atoms with Gasteiger partial charge in [0.1, 0.15) is 0 Å². The zero-order valence-corrected chi connectivity index (χ0v) is 13.6. The third-order valence-electron chi connectivity index (χ3n) is 4.38. The first-order valence-electron chi connectivity index (χ1n) is 8.34. The number of carbonyl (C=O) groups excluding carboxylic acids is 2. The number of hydrogen-bond acceptors (Lipinski definition) is 3. The van der Waals surface area contributed by atoms with Crippen molar-refractivity contribution in [1.29, 1.82) is 0 Å². The van der Waals surface area contributed by atoms with Crippen LogP contribution in [0, 0.1) is 5.92 Å². The smallest absolute Gasteiger partial charge is 0.251 e. The van der Waals surface area contributed by atoms with E-state index in [0.717, 1.165) is 25.7 Å². The van der Waals surface area contributed by atoms with E-state index < -0.39 is 0 Å². The van der Waals surface area contributed by atoms with E-state index in [0.29, 0.717) is 11.5 Å². The summed E-state index contributed by atoms with van der Waals surface area (Å²) in [6, 6.07) is 8.98. The lowest BCUT2D eigenvalue weighted by Crippen LogP contribution is -2.42. The molecule has 1 fully saturated rings. The first-order valence-corrected chi connectivity index (χ1v) is 8.34. The van der Waals surface area contributed by atoms with Crippen molar-refractivity contribution < 1.29 is 14.7 Å². The van der Waals surface area contributed by atoms with Crippen molar-refractivity contribution in [3.05, 3.63) is 35.9 Å². The molecule has 0 bridgehead atoms. The minimum Gasteiger partial charge on any atom is -0.396 e. The molecule has 0 aromatic heterocycles. The van der Waals surface area contributed by atoms with E-state index in [1.807, 2.05) is 25.1 Å². The van der Waals surface area contributed by atoms with Gasteiger partial charge in [0.2, 0.25) is 5.91 Å². The Balaban J connectivity index is 1.71. The number of carbonyl (C=O) groups is 2. The highest BCUT2D eigenvalue weighted by Gasteiger charge is 2.22. The SMILES string of the molecule is CC(CC(=O)NC1CCC(CO)CC1)NC(=O)c1ccccc1. The molecule has 1 unspecified atom stereocenters. The molecule has 1 aromatic rings. The number of amides is 2. The largest absolute Gasteiger partial charge is 0.396 e. The topological polar surface area (TPSA) is 78.4 Å². The van der Waals surface area contributed by atoms with Crippen molar-refractivity contribution in [2.24, 2.45) is 5.92 Å². The average Bonchev–Trinajstić information content (AvgIpc) is 2.56. The van der Waals surface area contributed by atoms with Crippen molar-refractivity contribution in [3.8, 4) is 0 Å². The molecule has 1 aromatic carbocycles. The van der Waals surface area contributed by atoms with Gasteiger partial charge < -0.3 is 15.7 Å². The molecule has 1 saturated carbocycles. The number of rotatable bonds is 6. The minimum atomic E-state index is -0.212. The zero-order valence-electron chi connectivity index (χ0n) is 13.6. The quantitative estimate of drug-likeness (QED) is 0.749. The van der Waals surface area contributed by atoms with Crippen molar-refractivity contribution in [1.82, 2.24) is 10.6 Å². The molecule has 126 valence electrons. The van der Waals surface area contributed by atoms with Crippen LogP contribution in [-0.2, 0) is 4.79 Å². The average molecular weight is 318 g/mol. The molecule has 1 atom stereocenters. The van der Waals surface area contributed by atoms with Gasteiger partial charge in [0.15, 0.2) is 0 Å². The Hall–Kier alpha value is -1.88. The van der Waals surface area contributed by atoms with Crippen LogP contribution in [-0.4, -0.2) is 35.6 Å². The number of benzene rings is 1. The van der Waals surface area contributed by atoms with Crippen LogP contribution in [0.4, 0.5) is 0 Å². The molecular formula is C18H26N2O3. The number of aliphatic hydroxyl groups is 1. The van der Waals surface area contributed by atoms with E-state index in [1.54, 1.807) is 12.1 Å². The fourth-order valence-corrected chi connectivity index (χ4v) is 3.00. The van der Waals surface area contributed by atoms with E-state index in [-0.39, 0.29) is 36.9 Å². The zero-order chi connectivity index (χ0) is 16.7. The first kappa shape index (κ1) is 17.5. The molecule has 5 heteroatoms. The van der Waals surface area contributed by atoms with E-state index in [1.165, 1.54) is 0 Å². The highest BCUT2D eigenvalue weighted by molar-refractivity contribution is 5.94. The molecule has 2 rings (SSSR count). The summed E-state index contributed by atoms with van der Waals surface area (Å²) in [4.78, 5) is 24.1. The minimum absolute atomic E-state index is 0.0293. The molecule has 0 radical (unpaired) electrons. The van der Waals surface area contributed by atoms with Crippen LogP contribution in [0.2, 0.25) is 0 Å². The van der Waals surface area contributed by atoms with Gasteiger partial charge in [-0.15, -0.1) is 0 Å². The highest BCUT2D eigenvalue weighted by atomic mass is 16.3. The van der Waals surface area contributed by atoms with Gasteiger partial charge in [-0.05, 0) is 50.7 Å². The summed E-state index contributed by atoms with van der Waals surface area (Å²) in [6.45, 7) is 2.08. The van der Waals surface area contributed by atoms with Crippen molar-refractivity contribution in [2.75, 3.05) is 6.61 Å². The van der Waals surface area contributed by atoms with E-state index in [9.17, 15) is 9.59 Å². The molecule has 0 heterocycles. The Morgan fingerprint density at radius 2 is 1.83 bits per heavy atom. The molecule has 3 N–H and O–H groups in total. The summed E-state index contributed by atoms with van der Waals surface area (Å²) in [5.41, 5.74) is 0.599. The maximum Gasteiger partial charge on any atom is 0.251 e. The lowest BCUT2D eigenvalue weighted by molar-refractivity contribution is -0.122. The Kier molecular flexibility index (Phi) is 6.59. The standard InChI is InChI=1S/C18H26N2O3/c1-13(19-18(23)15-5-3-2-4-6-15)11-17(22)20-16-9-7-14(12-21)8-10-16/h2-6,13-14,16,21H,7-12H2,1H3,(H,19,23)(H,20,22). The number of aliphatic hydroxyl groups excluding tert-OH is 1. The summed E-state index contributed by atoms with van der Waals surface area (Å²) in [5.74, 6) is 0.194. The van der Waals surface area contributed by atoms with E-state index >= 15 is 0 Å². The lowest BCUT2D eigenvalue weighted by Gasteiger charge is -2.28. The molecule has 1 aliphatic rings. The second kappa shape index (κ2) is 8.67. The Morgan fingerprint density at radius 3 is 2.43 bits per heavy atom.